The number of anilines is 1. The Kier molecular flexibility index (Phi) is 2.90. The lowest BCUT2D eigenvalue weighted by molar-refractivity contribution is -0.115. The molecular weight excluding hydrogens is 242 g/mol. The van der Waals surface area contributed by atoms with Gasteiger partial charge in [-0.3, -0.25) is 14.5 Å². The number of aliphatic hydroxyl groups is 1. The Balaban J connectivity index is 2.05. The van der Waals surface area contributed by atoms with Gasteiger partial charge in [0.05, 0.1) is 23.4 Å². The first kappa shape index (κ1) is 12.4. The number of amides is 1. The molecule has 1 aromatic rings. The van der Waals surface area contributed by atoms with E-state index in [-0.39, 0.29) is 6.04 Å². The summed E-state index contributed by atoms with van der Waals surface area (Å²) in [7, 11) is 0. The van der Waals surface area contributed by atoms with Crippen LogP contribution in [0.5, 0.6) is 0 Å². The standard InChI is InChI=1S/C15H17NO3/c1-2-9-6-7-11-10(8-9)14(18)15(19)16(11)12-4-3-5-13(12)17/h6-8,12-13,17H,2-5H2,1H3/t12-,13-/m0/s1. The summed E-state index contributed by atoms with van der Waals surface area (Å²) in [5.41, 5.74) is 2.20. The zero-order valence-electron chi connectivity index (χ0n) is 10.9. The molecule has 0 radical (unpaired) electrons. The predicted octanol–water partition coefficient (Wildman–Crippen LogP) is 1.69. The molecule has 1 aliphatic heterocycles. The maximum atomic E-state index is 12.2. The van der Waals surface area contributed by atoms with Gasteiger partial charge in [0.2, 0.25) is 0 Å². The van der Waals surface area contributed by atoms with Crippen LogP contribution in [0.15, 0.2) is 18.2 Å². The number of hydrogen-bond acceptors (Lipinski definition) is 3. The monoisotopic (exact) mass is 259 g/mol. The molecule has 1 aliphatic carbocycles. The fraction of sp³-hybridized carbons (Fsp3) is 0.467. The number of benzene rings is 1. The normalized spacial score (nSPS) is 26.1. The predicted molar refractivity (Wildman–Crippen MR) is 71.3 cm³/mol. The number of aliphatic hydroxyl groups excluding tert-OH is 1. The third kappa shape index (κ3) is 1.78. The first-order valence-corrected chi connectivity index (χ1v) is 6.82. The van der Waals surface area contributed by atoms with Crippen LogP contribution in [-0.2, 0) is 11.2 Å². The lowest BCUT2D eigenvalue weighted by Gasteiger charge is -2.26. The van der Waals surface area contributed by atoms with Gasteiger partial charge in [0.15, 0.2) is 0 Å². The highest BCUT2D eigenvalue weighted by atomic mass is 16.3. The van der Waals surface area contributed by atoms with Crippen LogP contribution >= 0.6 is 0 Å². The van der Waals surface area contributed by atoms with E-state index in [1.54, 1.807) is 6.07 Å². The van der Waals surface area contributed by atoms with Crippen LogP contribution in [0, 0.1) is 0 Å². The molecule has 19 heavy (non-hydrogen) atoms. The number of carbonyl (C=O) groups is 2. The summed E-state index contributed by atoms with van der Waals surface area (Å²) in [5.74, 6) is -0.932. The van der Waals surface area contributed by atoms with Crippen molar-refractivity contribution in [3.05, 3.63) is 29.3 Å². The van der Waals surface area contributed by atoms with E-state index in [2.05, 4.69) is 0 Å². The van der Waals surface area contributed by atoms with Gasteiger partial charge in [-0.25, -0.2) is 0 Å². The Labute approximate surface area is 112 Å². The van der Waals surface area contributed by atoms with Crippen molar-refractivity contribution in [3.8, 4) is 0 Å². The Morgan fingerprint density at radius 1 is 1.32 bits per heavy atom. The second-order valence-electron chi connectivity index (χ2n) is 5.27. The zero-order valence-corrected chi connectivity index (χ0v) is 10.9. The van der Waals surface area contributed by atoms with Gasteiger partial charge in [0.25, 0.3) is 11.7 Å². The fourth-order valence-electron chi connectivity index (χ4n) is 3.08. The third-order valence-corrected chi connectivity index (χ3v) is 4.16. The minimum Gasteiger partial charge on any atom is -0.391 e. The molecule has 0 spiro atoms. The molecule has 1 fully saturated rings. The number of hydrogen-bond donors (Lipinski definition) is 1. The number of fused-ring (bicyclic) bond motifs is 1. The maximum Gasteiger partial charge on any atom is 0.299 e. The molecular formula is C15H17NO3. The van der Waals surface area contributed by atoms with Crippen LogP contribution in [-0.4, -0.2) is 28.9 Å². The molecule has 1 aromatic carbocycles. The smallest absolute Gasteiger partial charge is 0.299 e. The number of aryl methyl sites for hydroxylation is 1. The van der Waals surface area contributed by atoms with E-state index < -0.39 is 17.8 Å². The minimum atomic E-state index is -0.520. The molecule has 1 saturated carbocycles. The number of Topliss-reactive ketones (excluding diaryl/α,β-unsaturated/α-hetero) is 1. The summed E-state index contributed by atoms with van der Waals surface area (Å²) in [6.07, 6.45) is 2.67. The van der Waals surface area contributed by atoms with Gasteiger partial charge in [0.1, 0.15) is 0 Å². The van der Waals surface area contributed by atoms with Crippen molar-refractivity contribution >= 4 is 17.4 Å². The second kappa shape index (κ2) is 4.46. The number of nitrogens with zero attached hydrogens (tertiary/aromatic N) is 1. The summed E-state index contributed by atoms with van der Waals surface area (Å²) >= 11 is 0. The van der Waals surface area contributed by atoms with Crippen LogP contribution in [0.3, 0.4) is 0 Å². The van der Waals surface area contributed by atoms with E-state index in [1.807, 2.05) is 19.1 Å². The van der Waals surface area contributed by atoms with Gasteiger partial charge in [-0.05, 0) is 43.4 Å². The molecule has 3 rings (SSSR count). The summed E-state index contributed by atoms with van der Waals surface area (Å²) in [5, 5.41) is 9.97. The van der Waals surface area contributed by atoms with Crippen molar-refractivity contribution in [2.75, 3.05) is 4.90 Å². The molecule has 4 heteroatoms. The third-order valence-electron chi connectivity index (χ3n) is 4.16. The van der Waals surface area contributed by atoms with Crippen molar-refractivity contribution in [1.29, 1.82) is 0 Å². The van der Waals surface area contributed by atoms with Crippen LogP contribution in [0.4, 0.5) is 5.69 Å². The van der Waals surface area contributed by atoms with Crippen LogP contribution in [0.1, 0.15) is 42.1 Å². The summed E-state index contributed by atoms with van der Waals surface area (Å²) in [6, 6.07) is 5.34. The summed E-state index contributed by atoms with van der Waals surface area (Å²) in [4.78, 5) is 25.7. The number of ketones is 1. The topological polar surface area (TPSA) is 57.6 Å². The second-order valence-corrected chi connectivity index (χ2v) is 5.27. The largest absolute Gasteiger partial charge is 0.391 e. The first-order valence-electron chi connectivity index (χ1n) is 6.82. The molecule has 1 amide bonds. The number of rotatable bonds is 2. The Morgan fingerprint density at radius 2 is 2.11 bits per heavy atom. The quantitative estimate of drug-likeness (QED) is 0.822. The maximum absolute atomic E-state index is 12.2. The van der Waals surface area contributed by atoms with Gasteiger partial charge in [-0.15, -0.1) is 0 Å². The van der Waals surface area contributed by atoms with Crippen LogP contribution in [0.25, 0.3) is 0 Å². The number of carbonyl (C=O) groups excluding carboxylic acids is 2. The highest BCUT2D eigenvalue weighted by Crippen LogP contribution is 2.36. The molecule has 0 bridgehead atoms. The van der Waals surface area contributed by atoms with E-state index in [0.717, 1.165) is 24.8 Å². The molecule has 0 aromatic heterocycles. The average Bonchev–Trinajstić information content (AvgIpc) is 2.93. The Bertz CT molecular complexity index is 552. The molecule has 1 N–H and O–H groups in total. The van der Waals surface area contributed by atoms with Crippen molar-refractivity contribution in [2.24, 2.45) is 0 Å². The van der Waals surface area contributed by atoms with Gasteiger partial charge < -0.3 is 5.11 Å². The highest BCUT2D eigenvalue weighted by Gasteiger charge is 2.43. The SMILES string of the molecule is CCc1ccc2c(c1)C(=O)C(=O)N2[C@H]1CCC[C@@H]1O. The van der Waals surface area contributed by atoms with E-state index in [4.69, 9.17) is 0 Å². The van der Waals surface area contributed by atoms with Gasteiger partial charge in [-0.2, -0.15) is 0 Å². The summed E-state index contributed by atoms with van der Waals surface area (Å²) < 4.78 is 0. The first-order chi connectivity index (χ1) is 9.13. The van der Waals surface area contributed by atoms with Crippen molar-refractivity contribution in [2.45, 2.75) is 44.8 Å². The van der Waals surface area contributed by atoms with Gasteiger partial charge >= 0.3 is 0 Å². The zero-order chi connectivity index (χ0) is 13.6. The average molecular weight is 259 g/mol. The van der Waals surface area contributed by atoms with Crippen molar-refractivity contribution < 1.29 is 14.7 Å². The minimum absolute atomic E-state index is 0.245. The van der Waals surface area contributed by atoms with Crippen molar-refractivity contribution in [3.63, 3.8) is 0 Å². The lowest BCUT2D eigenvalue weighted by Crippen LogP contribution is -2.43. The molecule has 2 atom stereocenters. The van der Waals surface area contributed by atoms with Gasteiger partial charge in [-0.1, -0.05) is 13.0 Å². The van der Waals surface area contributed by atoms with E-state index in [0.29, 0.717) is 17.7 Å². The fourth-order valence-corrected chi connectivity index (χ4v) is 3.08. The molecule has 2 aliphatic rings. The molecule has 4 nitrogen and oxygen atoms in total. The molecule has 1 heterocycles. The van der Waals surface area contributed by atoms with Crippen molar-refractivity contribution in [1.82, 2.24) is 0 Å². The van der Waals surface area contributed by atoms with E-state index in [1.165, 1.54) is 4.90 Å². The van der Waals surface area contributed by atoms with Crippen LogP contribution in [0.2, 0.25) is 0 Å². The molecule has 100 valence electrons. The highest BCUT2D eigenvalue weighted by molar-refractivity contribution is 6.52. The molecule has 0 saturated heterocycles. The molecule has 0 unspecified atom stereocenters. The Morgan fingerprint density at radius 3 is 2.74 bits per heavy atom. The Hall–Kier alpha value is -1.68. The lowest BCUT2D eigenvalue weighted by atomic mass is 10.1. The van der Waals surface area contributed by atoms with Gasteiger partial charge in [0, 0.05) is 0 Å². The summed E-state index contributed by atoms with van der Waals surface area (Å²) in [6.45, 7) is 2.02. The van der Waals surface area contributed by atoms with E-state index in [9.17, 15) is 14.7 Å². The van der Waals surface area contributed by atoms with E-state index >= 15 is 0 Å². The van der Waals surface area contributed by atoms with Crippen LogP contribution < -0.4 is 4.90 Å².